The van der Waals surface area contributed by atoms with E-state index < -0.39 is 0 Å². The van der Waals surface area contributed by atoms with Crippen molar-refractivity contribution in [1.29, 1.82) is 0 Å². The highest BCUT2D eigenvalue weighted by molar-refractivity contribution is 6.12. The van der Waals surface area contributed by atoms with Crippen LogP contribution in [0, 0.1) is 0 Å². The monoisotopic (exact) mass is 880 g/mol. The van der Waals surface area contributed by atoms with Crippen molar-refractivity contribution in [2.75, 3.05) is 4.90 Å². The van der Waals surface area contributed by atoms with Crippen molar-refractivity contribution in [3.8, 4) is 61.3 Å². The zero-order chi connectivity index (χ0) is 45.7. The van der Waals surface area contributed by atoms with Gasteiger partial charge in [0.15, 0.2) is 0 Å². The molecule has 0 fully saturated rings. The summed E-state index contributed by atoms with van der Waals surface area (Å²) in [7, 11) is 0. The first kappa shape index (κ1) is 40.1. The Balaban J connectivity index is 0.954. The first-order valence-corrected chi connectivity index (χ1v) is 23.6. The number of rotatable bonds is 9. The van der Waals surface area contributed by atoms with Gasteiger partial charge in [-0.2, -0.15) is 0 Å². The number of aromatic nitrogens is 1. The van der Waals surface area contributed by atoms with Gasteiger partial charge in [0.25, 0.3) is 0 Å². The van der Waals surface area contributed by atoms with Gasteiger partial charge in [0.05, 0.1) is 11.0 Å². The predicted octanol–water partition coefficient (Wildman–Crippen LogP) is 18.5. The number of hydrogen-bond acceptors (Lipinski definition) is 2. The zero-order valence-electron chi connectivity index (χ0n) is 37.7. The number of hydrogen-bond donors (Lipinski definition) is 0. The van der Waals surface area contributed by atoms with Crippen LogP contribution in [-0.4, -0.2) is 4.57 Å². The molecule has 0 saturated carbocycles. The highest BCUT2D eigenvalue weighted by atomic mass is 16.3. The Hall–Kier alpha value is -9.18. The lowest BCUT2D eigenvalue weighted by atomic mass is 9.91. The van der Waals surface area contributed by atoms with Crippen LogP contribution in [0.15, 0.2) is 271 Å². The second-order valence-electron chi connectivity index (χ2n) is 17.7. The second-order valence-corrected chi connectivity index (χ2v) is 17.7. The third-order valence-electron chi connectivity index (χ3n) is 13.5. The van der Waals surface area contributed by atoms with E-state index in [1.165, 1.54) is 32.9 Å². The number of furan rings is 1. The Labute approximate surface area is 401 Å². The largest absolute Gasteiger partial charge is 0.455 e. The Bertz CT molecular complexity index is 4020. The highest BCUT2D eigenvalue weighted by Crippen LogP contribution is 2.43. The van der Waals surface area contributed by atoms with Gasteiger partial charge in [-0.05, 0) is 147 Å². The Kier molecular flexibility index (Phi) is 9.84. The number of para-hydroxylation sites is 5. The van der Waals surface area contributed by atoms with Crippen molar-refractivity contribution >= 4 is 60.8 Å². The third kappa shape index (κ3) is 7.25. The molecule has 0 aliphatic carbocycles. The summed E-state index contributed by atoms with van der Waals surface area (Å²) in [5.74, 6) is 0. The van der Waals surface area contributed by atoms with E-state index in [0.717, 1.165) is 89.2 Å². The van der Waals surface area contributed by atoms with Gasteiger partial charge in [0, 0.05) is 49.9 Å². The number of fused-ring (bicyclic) bond motifs is 6. The van der Waals surface area contributed by atoms with Crippen molar-refractivity contribution in [1.82, 2.24) is 4.57 Å². The molecule has 2 aromatic heterocycles. The van der Waals surface area contributed by atoms with E-state index in [-0.39, 0.29) is 0 Å². The summed E-state index contributed by atoms with van der Waals surface area (Å²) in [6.07, 6.45) is 0. The number of anilines is 3. The topological polar surface area (TPSA) is 21.3 Å². The van der Waals surface area contributed by atoms with E-state index in [1.807, 2.05) is 6.07 Å². The molecule has 13 rings (SSSR count). The molecule has 0 unspecified atom stereocenters. The molecule has 0 radical (unpaired) electrons. The van der Waals surface area contributed by atoms with Crippen LogP contribution in [0.5, 0.6) is 0 Å². The van der Waals surface area contributed by atoms with Gasteiger partial charge in [0.1, 0.15) is 11.2 Å². The second kappa shape index (κ2) is 16.9. The number of nitrogens with zero attached hydrogens (tertiary/aromatic N) is 2. The summed E-state index contributed by atoms with van der Waals surface area (Å²) in [4.78, 5) is 2.35. The molecular formula is C66H44N2O. The summed E-state index contributed by atoms with van der Waals surface area (Å²) in [5, 5.41) is 4.68. The SMILES string of the molecule is c1ccc(-c2cccc(N(c3ccccc3)c3cccc(-c4cccc(-c5cc(-c6ccc7c(c6)c6ccccc6n7-c6ccccc6)cc(-c6cccc7c6oc6ccccc67)c5)c4)c3)c2)cc1. The standard InChI is InChI=1S/C66H44N2O/c1-4-18-45(19-5-1)48-22-15-28-56(42-48)67(54-24-6-2-7-25-54)57-29-16-23-49(43-57)46-20-14-21-47(38-46)51-39-52(41-53(40-51)58-32-17-33-61-60-31-11-13-35-65(60)69-66(58)61)50-36-37-64-62(44-50)59-30-10-12-34-63(59)68(64)55-26-8-3-9-27-55/h1-44H. The maximum absolute atomic E-state index is 6.67. The molecule has 0 amide bonds. The van der Waals surface area contributed by atoms with E-state index in [1.54, 1.807) is 0 Å². The molecule has 0 saturated heterocycles. The molecule has 3 nitrogen and oxygen atoms in total. The molecule has 0 aliphatic heterocycles. The van der Waals surface area contributed by atoms with Gasteiger partial charge >= 0.3 is 0 Å². The summed E-state index contributed by atoms with van der Waals surface area (Å²) in [6.45, 7) is 0. The van der Waals surface area contributed by atoms with Gasteiger partial charge in [0.2, 0.25) is 0 Å². The molecule has 0 spiro atoms. The van der Waals surface area contributed by atoms with Crippen LogP contribution in [0.3, 0.4) is 0 Å². The minimum absolute atomic E-state index is 0.890. The van der Waals surface area contributed by atoms with Crippen LogP contribution in [0.1, 0.15) is 0 Å². The summed E-state index contributed by atoms with van der Waals surface area (Å²) >= 11 is 0. The lowest BCUT2D eigenvalue weighted by Gasteiger charge is -2.26. The fraction of sp³-hybridized carbons (Fsp3) is 0. The summed E-state index contributed by atoms with van der Waals surface area (Å²) < 4.78 is 9.05. The first-order chi connectivity index (χ1) is 34.2. The zero-order valence-corrected chi connectivity index (χ0v) is 37.7. The fourth-order valence-electron chi connectivity index (χ4n) is 10.3. The van der Waals surface area contributed by atoms with Crippen molar-refractivity contribution in [3.63, 3.8) is 0 Å². The minimum Gasteiger partial charge on any atom is -0.455 e. The van der Waals surface area contributed by atoms with Crippen molar-refractivity contribution < 1.29 is 4.42 Å². The molecule has 2 heterocycles. The number of benzene rings is 11. The average Bonchev–Trinajstić information content (AvgIpc) is 3.98. The van der Waals surface area contributed by atoms with Crippen LogP contribution in [0.4, 0.5) is 17.1 Å². The van der Waals surface area contributed by atoms with E-state index >= 15 is 0 Å². The van der Waals surface area contributed by atoms with Crippen molar-refractivity contribution in [3.05, 3.63) is 267 Å². The van der Waals surface area contributed by atoms with Gasteiger partial charge in [-0.25, -0.2) is 0 Å². The molecule has 0 aliphatic rings. The Morgan fingerprint density at radius 2 is 0.754 bits per heavy atom. The van der Waals surface area contributed by atoms with Crippen molar-refractivity contribution in [2.24, 2.45) is 0 Å². The maximum Gasteiger partial charge on any atom is 0.143 e. The van der Waals surface area contributed by atoms with E-state index in [4.69, 9.17) is 4.42 Å². The molecule has 69 heavy (non-hydrogen) atoms. The quantitative estimate of drug-likeness (QED) is 0.144. The van der Waals surface area contributed by atoms with E-state index in [2.05, 4.69) is 270 Å². The van der Waals surface area contributed by atoms with Gasteiger partial charge in [-0.1, -0.05) is 170 Å². The molecule has 3 heteroatoms. The molecular weight excluding hydrogens is 837 g/mol. The lowest BCUT2D eigenvalue weighted by Crippen LogP contribution is -2.10. The van der Waals surface area contributed by atoms with Gasteiger partial charge in [-0.15, -0.1) is 0 Å². The van der Waals surface area contributed by atoms with E-state index in [9.17, 15) is 0 Å². The summed E-state index contributed by atoms with van der Waals surface area (Å²) in [6, 6.07) is 96.1. The normalized spacial score (nSPS) is 11.5. The average molecular weight is 881 g/mol. The smallest absolute Gasteiger partial charge is 0.143 e. The van der Waals surface area contributed by atoms with E-state index in [0.29, 0.717) is 0 Å². The van der Waals surface area contributed by atoms with Crippen LogP contribution < -0.4 is 4.90 Å². The molecule has 11 aromatic carbocycles. The third-order valence-corrected chi connectivity index (χ3v) is 13.5. The fourth-order valence-corrected chi connectivity index (χ4v) is 10.3. The molecule has 0 atom stereocenters. The predicted molar refractivity (Wildman–Crippen MR) is 290 cm³/mol. The van der Waals surface area contributed by atoms with Gasteiger partial charge in [-0.3, -0.25) is 0 Å². The Morgan fingerprint density at radius 1 is 0.275 bits per heavy atom. The van der Waals surface area contributed by atoms with Gasteiger partial charge < -0.3 is 13.9 Å². The lowest BCUT2D eigenvalue weighted by molar-refractivity contribution is 0.670. The van der Waals surface area contributed by atoms with Crippen LogP contribution in [0.2, 0.25) is 0 Å². The first-order valence-electron chi connectivity index (χ1n) is 23.6. The molecule has 13 aromatic rings. The summed E-state index contributed by atoms with van der Waals surface area (Å²) in [5.41, 5.74) is 19.9. The Morgan fingerprint density at radius 3 is 1.49 bits per heavy atom. The van der Waals surface area contributed by atoms with Crippen molar-refractivity contribution in [2.45, 2.75) is 0 Å². The molecule has 0 N–H and O–H groups in total. The maximum atomic E-state index is 6.67. The minimum atomic E-state index is 0.890. The van der Waals surface area contributed by atoms with Crippen LogP contribution >= 0.6 is 0 Å². The van der Waals surface area contributed by atoms with Crippen LogP contribution in [-0.2, 0) is 0 Å². The molecule has 0 bridgehead atoms. The molecule has 324 valence electrons. The highest BCUT2D eigenvalue weighted by Gasteiger charge is 2.19. The van der Waals surface area contributed by atoms with Crippen LogP contribution in [0.25, 0.3) is 105 Å².